The van der Waals surface area contributed by atoms with Crippen LogP contribution < -0.4 is 5.32 Å². The Labute approximate surface area is 89.1 Å². The number of halogens is 1. The Morgan fingerprint density at radius 1 is 1.23 bits per heavy atom. The maximum absolute atomic E-state index is 3.41. The summed E-state index contributed by atoms with van der Waals surface area (Å²) in [5.74, 6) is 1.93. The van der Waals surface area contributed by atoms with Gasteiger partial charge in [0.1, 0.15) is 0 Å². The second kappa shape index (κ2) is 7.64. The molecule has 0 atom stereocenters. The van der Waals surface area contributed by atoms with E-state index in [-0.39, 0.29) is 12.4 Å². The first-order valence-corrected chi connectivity index (χ1v) is 5.49. The molecule has 0 unspecified atom stereocenters. The van der Waals surface area contributed by atoms with E-state index >= 15 is 0 Å². The minimum absolute atomic E-state index is 0. The average Bonchev–Trinajstić information content (AvgIpc) is 2.05. The van der Waals surface area contributed by atoms with Crippen LogP contribution in [0, 0.1) is 11.8 Å². The normalized spacial score (nSPS) is 18.7. The summed E-state index contributed by atoms with van der Waals surface area (Å²) < 4.78 is 0. The zero-order valence-electron chi connectivity index (χ0n) is 9.01. The number of nitrogens with one attached hydrogen (secondary N) is 1. The third kappa shape index (κ3) is 6.34. The Hall–Kier alpha value is 0.250. The largest absolute Gasteiger partial charge is 0.317 e. The van der Waals surface area contributed by atoms with Crippen molar-refractivity contribution in [1.82, 2.24) is 5.32 Å². The molecule has 0 aromatic rings. The van der Waals surface area contributed by atoms with Crippen LogP contribution in [0.2, 0.25) is 0 Å². The van der Waals surface area contributed by atoms with Crippen molar-refractivity contribution in [2.45, 2.75) is 46.0 Å². The second-order valence-corrected chi connectivity index (χ2v) is 4.52. The molecule has 1 saturated heterocycles. The molecule has 2 heteroatoms. The molecule has 1 fully saturated rings. The lowest BCUT2D eigenvalue weighted by molar-refractivity contribution is 0.336. The fourth-order valence-corrected chi connectivity index (χ4v) is 1.99. The van der Waals surface area contributed by atoms with E-state index < -0.39 is 0 Å². The van der Waals surface area contributed by atoms with Gasteiger partial charge < -0.3 is 5.32 Å². The summed E-state index contributed by atoms with van der Waals surface area (Å²) in [7, 11) is 0. The quantitative estimate of drug-likeness (QED) is 0.743. The van der Waals surface area contributed by atoms with Gasteiger partial charge in [-0.25, -0.2) is 0 Å². The van der Waals surface area contributed by atoms with Crippen LogP contribution in [0.15, 0.2) is 0 Å². The summed E-state index contributed by atoms with van der Waals surface area (Å²) >= 11 is 0. The molecule has 0 aromatic carbocycles. The molecule has 0 spiro atoms. The van der Waals surface area contributed by atoms with Crippen molar-refractivity contribution in [2.24, 2.45) is 11.8 Å². The predicted octanol–water partition coefficient (Wildman–Crippen LogP) is 3.23. The third-order valence-corrected chi connectivity index (χ3v) is 2.85. The van der Waals surface area contributed by atoms with Gasteiger partial charge in [0.05, 0.1) is 0 Å². The number of rotatable bonds is 4. The van der Waals surface area contributed by atoms with Gasteiger partial charge >= 0.3 is 0 Å². The Morgan fingerprint density at radius 3 is 2.38 bits per heavy atom. The lowest BCUT2D eigenvalue weighted by Crippen LogP contribution is -2.27. The van der Waals surface area contributed by atoms with E-state index in [0.29, 0.717) is 0 Å². The smallest absolute Gasteiger partial charge is 0.00463 e. The van der Waals surface area contributed by atoms with Gasteiger partial charge in [-0.05, 0) is 37.8 Å². The van der Waals surface area contributed by atoms with Crippen LogP contribution in [0.4, 0.5) is 0 Å². The lowest BCUT2D eigenvalue weighted by atomic mass is 9.91. The maximum Gasteiger partial charge on any atom is -0.00463 e. The highest BCUT2D eigenvalue weighted by atomic mass is 35.5. The summed E-state index contributed by atoms with van der Waals surface area (Å²) in [6.07, 6.45) is 7.17. The third-order valence-electron chi connectivity index (χ3n) is 2.85. The Bertz CT molecular complexity index is 109. The summed E-state index contributed by atoms with van der Waals surface area (Å²) in [5.41, 5.74) is 0. The molecule has 0 aromatic heterocycles. The Kier molecular flexibility index (Phi) is 7.78. The van der Waals surface area contributed by atoms with Gasteiger partial charge in [-0.3, -0.25) is 0 Å². The van der Waals surface area contributed by atoms with E-state index in [0.717, 1.165) is 11.8 Å². The molecule has 80 valence electrons. The molecule has 1 N–H and O–H groups in total. The molecule has 1 nitrogen and oxygen atoms in total. The van der Waals surface area contributed by atoms with Gasteiger partial charge in [-0.2, -0.15) is 0 Å². The first kappa shape index (κ1) is 13.2. The highest BCUT2D eigenvalue weighted by molar-refractivity contribution is 5.85. The fraction of sp³-hybridized carbons (Fsp3) is 1.00. The Balaban J connectivity index is 0.00000144. The minimum atomic E-state index is 0. The summed E-state index contributed by atoms with van der Waals surface area (Å²) in [6, 6.07) is 0. The molecule has 0 saturated carbocycles. The van der Waals surface area contributed by atoms with Gasteiger partial charge in [0.2, 0.25) is 0 Å². The molecule has 0 radical (unpaired) electrons. The summed E-state index contributed by atoms with van der Waals surface area (Å²) in [4.78, 5) is 0. The first-order valence-electron chi connectivity index (χ1n) is 5.49. The molecule has 1 aliphatic rings. The molecular formula is C11H24ClN. The molecule has 0 bridgehead atoms. The molecule has 1 aliphatic heterocycles. The van der Waals surface area contributed by atoms with Gasteiger partial charge in [0.15, 0.2) is 0 Å². The van der Waals surface area contributed by atoms with Crippen LogP contribution in [0.5, 0.6) is 0 Å². The van der Waals surface area contributed by atoms with Crippen LogP contribution in [-0.4, -0.2) is 13.1 Å². The molecule has 1 heterocycles. The van der Waals surface area contributed by atoms with E-state index in [1.54, 1.807) is 0 Å². The zero-order valence-corrected chi connectivity index (χ0v) is 9.83. The summed E-state index contributed by atoms with van der Waals surface area (Å²) in [5, 5.41) is 3.41. The van der Waals surface area contributed by atoms with E-state index in [2.05, 4.69) is 19.2 Å². The van der Waals surface area contributed by atoms with E-state index in [4.69, 9.17) is 0 Å². The van der Waals surface area contributed by atoms with E-state index in [1.807, 2.05) is 0 Å². The van der Waals surface area contributed by atoms with Crippen molar-refractivity contribution < 1.29 is 0 Å². The Morgan fingerprint density at radius 2 is 1.85 bits per heavy atom. The fourth-order valence-electron chi connectivity index (χ4n) is 1.99. The first-order chi connectivity index (χ1) is 5.79. The standard InChI is InChI=1S/C11H23N.ClH/c1-10(2)4-3-5-11-6-8-12-9-7-11;/h10-12H,3-9H2,1-2H3;1H. The highest BCUT2D eigenvalue weighted by Crippen LogP contribution is 2.20. The van der Waals surface area contributed by atoms with Crippen LogP contribution in [0.3, 0.4) is 0 Å². The van der Waals surface area contributed by atoms with Gasteiger partial charge in [0, 0.05) is 0 Å². The number of hydrogen-bond acceptors (Lipinski definition) is 1. The van der Waals surface area contributed by atoms with E-state index in [1.165, 1.54) is 45.2 Å². The van der Waals surface area contributed by atoms with Crippen molar-refractivity contribution in [2.75, 3.05) is 13.1 Å². The molecule has 13 heavy (non-hydrogen) atoms. The molecule has 0 amide bonds. The molecular weight excluding hydrogens is 182 g/mol. The van der Waals surface area contributed by atoms with Crippen molar-refractivity contribution in [3.05, 3.63) is 0 Å². The topological polar surface area (TPSA) is 12.0 Å². The second-order valence-electron chi connectivity index (χ2n) is 4.52. The lowest BCUT2D eigenvalue weighted by Gasteiger charge is -2.22. The minimum Gasteiger partial charge on any atom is -0.317 e. The highest BCUT2D eigenvalue weighted by Gasteiger charge is 2.12. The average molecular weight is 206 g/mol. The van der Waals surface area contributed by atoms with Crippen LogP contribution in [-0.2, 0) is 0 Å². The van der Waals surface area contributed by atoms with Crippen LogP contribution in [0.1, 0.15) is 46.0 Å². The molecule has 1 rings (SSSR count). The monoisotopic (exact) mass is 205 g/mol. The van der Waals surface area contributed by atoms with Gasteiger partial charge in [0.25, 0.3) is 0 Å². The van der Waals surface area contributed by atoms with Crippen molar-refractivity contribution in [3.8, 4) is 0 Å². The predicted molar refractivity (Wildman–Crippen MR) is 61.5 cm³/mol. The summed E-state index contributed by atoms with van der Waals surface area (Å²) in [6.45, 7) is 7.16. The number of piperidine rings is 1. The zero-order chi connectivity index (χ0) is 8.81. The van der Waals surface area contributed by atoms with Crippen LogP contribution >= 0.6 is 12.4 Å². The van der Waals surface area contributed by atoms with Crippen molar-refractivity contribution in [1.29, 1.82) is 0 Å². The van der Waals surface area contributed by atoms with Crippen molar-refractivity contribution in [3.63, 3.8) is 0 Å². The van der Waals surface area contributed by atoms with Crippen molar-refractivity contribution >= 4 is 12.4 Å². The van der Waals surface area contributed by atoms with Gasteiger partial charge in [-0.15, -0.1) is 12.4 Å². The molecule has 0 aliphatic carbocycles. The van der Waals surface area contributed by atoms with Gasteiger partial charge in [-0.1, -0.05) is 33.1 Å². The maximum atomic E-state index is 3.41. The van der Waals surface area contributed by atoms with E-state index in [9.17, 15) is 0 Å². The SMILES string of the molecule is CC(C)CCCC1CCNCC1.Cl. The number of hydrogen-bond donors (Lipinski definition) is 1. The van der Waals surface area contributed by atoms with Crippen LogP contribution in [0.25, 0.3) is 0 Å².